The first-order valence-corrected chi connectivity index (χ1v) is 8.55. The summed E-state index contributed by atoms with van der Waals surface area (Å²) in [6, 6.07) is 15.0. The lowest BCUT2D eigenvalue weighted by molar-refractivity contribution is -0.119. The Morgan fingerprint density at radius 3 is 2.50 bits per heavy atom. The molecule has 0 saturated heterocycles. The van der Waals surface area contributed by atoms with E-state index < -0.39 is 6.04 Å². The molecule has 3 rings (SSSR count). The molecule has 0 radical (unpaired) electrons. The number of carbonyl (C=O) groups is 2. The first-order chi connectivity index (χ1) is 12.5. The molecule has 0 aliphatic carbocycles. The standard InChI is InChI=1S/C20H18ClN3O2/c1-13-10-11-24(23-13)14(2)20(26)22-18-9-8-16(21)12-17(18)19(25)15-6-4-3-5-7-15/h3-12,14H,1-2H3,(H,22,26). The Morgan fingerprint density at radius 1 is 1.12 bits per heavy atom. The van der Waals surface area contributed by atoms with Gasteiger partial charge in [0.05, 0.1) is 11.4 Å². The molecule has 0 saturated carbocycles. The van der Waals surface area contributed by atoms with Gasteiger partial charge in [0.1, 0.15) is 6.04 Å². The van der Waals surface area contributed by atoms with Crippen molar-refractivity contribution in [2.45, 2.75) is 19.9 Å². The van der Waals surface area contributed by atoms with Crippen molar-refractivity contribution in [2.75, 3.05) is 5.32 Å². The molecule has 132 valence electrons. The van der Waals surface area contributed by atoms with E-state index in [-0.39, 0.29) is 11.7 Å². The molecule has 1 aromatic heterocycles. The molecule has 1 heterocycles. The Balaban J connectivity index is 1.88. The number of ketones is 1. The lowest BCUT2D eigenvalue weighted by Crippen LogP contribution is -2.25. The van der Waals surface area contributed by atoms with Gasteiger partial charge in [-0.15, -0.1) is 0 Å². The van der Waals surface area contributed by atoms with Crippen LogP contribution in [0.4, 0.5) is 5.69 Å². The summed E-state index contributed by atoms with van der Waals surface area (Å²) >= 11 is 6.07. The molecular weight excluding hydrogens is 350 g/mol. The normalized spacial score (nSPS) is 11.8. The zero-order chi connectivity index (χ0) is 18.7. The number of anilines is 1. The molecule has 0 spiro atoms. The lowest BCUT2D eigenvalue weighted by atomic mass is 10.0. The number of halogens is 1. The Kier molecular flexibility index (Phi) is 5.19. The van der Waals surface area contributed by atoms with Crippen LogP contribution < -0.4 is 5.32 Å². The number of aryl methyl sites for hydroxylation is 1. The van der Waals surface area contributed by atoms with E-state index in [0.717, 1.165) is 5.69 Å². The van der Waals surface area contributed by atoms with E-state index >= 15 is 0 Å². The fraction of sp³-hybridized carbons (Fsp3) is 0.150. The predicted octanol–water partition coefficient (Wildman–Crippen LogP) is 4.28. The van der Waals surface area contributed by atoms with Crippen molar-refractivity contribution in [2.24, 2.45) is 0 Å². The Labute approximate surface area is 156 Å². The first-order valence-electron chi connectivity index (χ1n) is 8.17. The Hall–Kier alpha value is -2.92. The molecular formula is C20H18ClN3O2. The summed E-state index contributed by atoms with van der Waals surface area (Å²) in [5.74, 6) is -0.469. The van der Waals surface area contributed by atoms with Crippen LogP contribution in [0.2, 0.25) is 5.02 Å². The van der Waals surface area contributed by atoms with E-state index in [2.05, 4.69) is 10.4 Å². The topological polar surface area (TPSA) is 64.0 Å². The van der Waals surface area contributed by atoms with Crippen molar-refractivity contribution in [3.63, 3.8) is 0 Å². The van der Waals surface area contributed by atoms with Gasteiger partial charge in [-0.1, -0.05) is 41.9 Å². The summed E-state index contributed by atoms with van der Waals surface area (Å²) in [7, 11) is 0. The van der Waals surface area contributed by atoms with Crippen LogP contribution >= 0.6 is 11.6 Å². The molecule has 2 aromatic carbocycles. The average molecular weight is 368 g/mol. The van der Waals surface area contributed by atoms with Crippen LogP contribution in [0.5, 0.6) is 0 Å². The highest BCUT2D eigenvalue weighted by Gasteiger charge is 2.20. The van der Waals surface area contributed by atoms with E-state index in [9.17, 15) is 9.59 Å². The van der Waals surface area contributed by atoms with Crippen molar-refractivity contribution in [3.8, 4) is 0 Å². The van der Waals surface area contributed by atoms with Crippen LogP contribution in [0.3, 0.4) is 0 Å². The number of hydrogen-bond donors (Lipinski definition) is 1. The smallest absolute Gasteiger partial charge is 0.248 e. The maximum atomic E-state index is 12.8. The summed E-state index contributed by atoms with van der Waals surface area (Å²) in [6.45, 7) is 3.60. The van der Waals surface area contributed by atoms with Crippen LogP contribution in [0.15, 0.2) is 60.8 Å². The number of amides is 1. The molecule has 3 aromatic rings. The van der Waals surface area contributed by atoms with Crippen LogP contribution in [-0.2, 0) is 4.79 Å². The quantitative estimate of drug-likeness (QED) is 0.685. The second kappa shape index (κ2) is 7.54. The van der Waals surface area contributed by atoms with Crippen LogP contribution in [-0.4, -0.2) is 21.5 Å². The third-order valence-electron chi connectivity index (χ3n) is 4.04. The van der Waals surface area contributed by atoms with E-state index in [1.807, 2.05) is 19.1 Å². The second-order valence-electron chi connectivity index (χ2n) is 5.99. The van der Waals surface area contributed by atoms with Gasteiger partial charge in [0.15, 0.2) is 5.78 Å². The fourth-order valence-electron chi connectivity index (χ4n) is 2.56. The third-order valence-corrected chi connectivity index (χ3v) is 4.27. The number of carbonyl (C=O) groups excluding carboxylic acids is 2. The van der Waals surface area contributed by atoms with Gasteiger partial charge in [0.2, 0.25) is 5.91 Å². The van der Waals surface area contributed by atoms with E-state index in [0.29, 0.717) is 21.8 Å². The number of hydrogen-bond acceptors (Lipinski definition) is 3. The average Bonchev–Trinajstić information content (AvgIpc) is 3.09. The summed E-state index contributed by atoms with van der Waals surface area (Å²) in [6.07, 6.45) is 1.75. The first kappa shape index (κ1) is 17.9. The largest absolute Gasteiger partial charge is 0.324 e. The zero-order valence-corrected chi connectivity index (χ0v) is 15.2. The maximum Gasteiger partial charge on any atom is 0.248 e. The van der Waals surface area contributed by atoms with Gasteiger partial charge in [-0.25, -0.2) is 0 Å². The van der Waals surface area contributed by atoms with Gasteiger partial charge in [-0.2, -0.15) is 5.10 Å². The number of aromatic nitrogens is 2. The van der Waals surface area contributed by atoms with E-state index in [1.54, 1.807) is 60.3 Å². The minimum absolute atomic E-state index is 0.203. The molecule has 5 nitrogen and oxygen atoms in total. The second-order valence-corrected chi connectivity index (χ2v) is 6.42. The van der Waals surface area contributed by atoms with Crippen molar-refractivity contribution in [1.29, 1.82) is 0 Å². The Morgan fingerprint density at radius 2 is 1.85 bits per heavy atom. The lowest BCUT2D eigenvalue weighted by Gasteiger charge is -2.15. The highest BCUT2D eigenvalue weighted by atomic mass is 35.5. The number of nitrogens with one attached hydrogen (secondary N) is 1. The number of benzene rings is 2. The van der Waals surface area contributed by atoms with Crippen LogP contribution in [0.25, 0.3) is 0 Å². The fourth-order valence-corrected chi connectivity index (χ4v) is 2.74. The molecule has 1 N–H and O–H groups in total. The van der Waals surface area contributed by atoms with E-state index in [1.165, 1.54) is 0 Å². The molecule has 1 amide bonds. The third kappa shape index (κ3) is 3.83. The molecule has 0 aliphatic heterocycles. The van der Waals surface area contributed by atoms with Gasteiger partial charge < -0.3 is 5.32 Å². The summed E-state index contributed by atoms with van der Waals surface area (Å²) in [5.41, 5.74) is 2.13. The predicted molar refractivity (Wildman–Crippen MR) is 102 cm³/mol. The SMILES string of the molecule is Cc1ccn(C(C)C(=O)Nc2ccc(Cl)cc2C(=O)c2ccccc2)n1. The number of rotatable bonds is 5. The molecule has 1 unspecified atom stereocenters. The van der Waals surface area contributed by atoms with Crippen molar-refractivity contribution in [1.82, 2.24) is 9.78 Å². The van der Waals surface area contributed by atoms with Gasteiger partial charge in [0.25, 0.3) is 0 Å². The zero-order valence-electron chi connectivity index (χ0n) is 14.4. The summed E-state index contributed by atoms with van der Waals surface area (Å²) in [5, 5.41) is 7.51. The highest BCUT2D eigenvalue weighted by molar-refractivity contribution is 6.31. The monoisotopic (exact) mass is 367 g/mol. The summed E-state index contributed by atoms with van der Waals surface area (Å²) < 4.78 is 1.58. The van der Waals surface area contributed by atoms with Gasteiger partial charge >= 0.3 is 0 Å². The van der Waals surface area contributed by atoms with Crippen molar-refractivity contribution in [3.05, 3.63) is 82.6 Å². The minimum Gasteiger partial charge on any atom is -0.324 e. The molecule has 1 atom stereocenters. The molecule has 0 bridgehead atoms. The Bertz CT molecular complexity index is 951. The maximum absolute atomic E-state index is 12.8. The molecule has 0 aliphatic rings. The van der Waals surface area contributed by atoms with Crippen LogP contribution in [0, 0.1) is 6.92 Å². The minimum atomic E-state index is -0.515. The highest BCUT2D eigenvalue weighted by Crippen LogP contribution is 2.24. The van der Waals surface area contributed by atoms with E-state index in [4.69, 9.17) is 11.6 Å². The van der Waals surface area contributed by atoms with Gasteiger partial charge in [0, 0.05) is 22.3 Å². The molecule has 26 heavy (non-hydrogen) atoms. The van der Waals surface area contributed by atoms with Crippen molar-refractivity contribution >= 4 is 29.0 Å². The molecule has 0 fully saturated rings. The van der Waals surface area contributed by atoms with Gasteiger partial charge in [-0.05, 0) is 38.1 Å². The molecule has 6 heteroatoms. The summed E-state index contributed by atoms with van der Waals surface area (Å²) in [4.78, 5) is 25.4. The number of nitrogens with zero attached hydrogens (tertiary/aromatic N) is 2. The van der Waals surface area contributed by atoms with Gasteiger partial charge in [-0.3, -0.25) is 14.3 Å². The van der Waals surface area contributed by atoms with Crippen LogP contribution in [0.1, 0.15) is 34.6 Å². The van der Waals surface area contributed by atoms with Crippen molar-refractivity contribution < 1.29 is 9.59 Å².